The van der Waals surface area contributed by atoms with Gasteiger partial charge in [-0.1, -0.05) is 5.16 Å². The van der Waals surface area contributed by atoms with E-state index in [0.717, 1.165) is 17.8 Å². The zero-order valence-electron chi connectivity index (χ0n) is 8.93. The van der Waals surface area contributed by atoms with Crippen LogP contribution in [-0.2, 0) is 6.54 Å². The molecule has 0 radical (unpaired) electrons. The topological polar surface area (TPSA) is 84.0 Å². The van der Waals surface area contributed by atoms with E-state index in [9.17, 15) is 9.90 Å². The summed E-state index contributed by atoms with van der Waals surface area (Å²) < 4.78 is 6.42. The van der Waals surface area contributed by atoms with Gasteiger partial charge < -0.3 is 14.4 Å². The van der Waals surface area contributed by atoms with Crippen molar-refractivity contribution in [3.8, 4) is 11.3 Å². The first-order chi connectivity index (χ1) is 7.63. The lowest BCUT2D eigenvalue weighted by molar-refractivity contribution is -0.257. The first-order valence-corrected chi connectivity index (χ1v) is 4.84. The highest BCUT2D eigenvalue weighted by molar-refractivity contribution is 5.84. The maximum atomic E-state index is 10.5. The van der Waals surface area contributed by atoms with Crippen LogP contribution in [0.4, 0.5) is 0 Å². The van der Waals surface area contributed by atoms with E-state index < -0.39 is 5.97 Å². The Morgan fingerprint density at radius 2 is 2.38 bits per heavy atom. The average molecular weight is 220 g/mol. The first-order valence-electron chi connectivity index (χ1n) is 4.84. The van der Waals surface area contributed by atoms with Crippen molar-refractivity contribution in [2.24, 2.45) is 0 Å². The summed E-state index contributed by atoms with van der Waals surface area (Å²) in [6, 6.07) is 1.33. The number of aromatic carboxylic acids is 1. The molecule has 0 bridgehead atoms. The van der Waals surface area contributed by atoms with Crippen LogP contribution in [0, 0.1) is 6.92 Å². The highest BCUT2D eigenvalue weighted by atomic mass is 16.5. The van der Waals surface area contributed by atoms with E-state index in [1.165, 1.54) is 6.07 Å². The van der Waals surface area contributed by atoms with Crippen LogP contribution >= 0.6 is 0 Å². The van der Waals surface area contributed by atoms with Crippen LogP contribution in [0.5, 0.6) is 0 Å². The summed E-state index contributed by atoms with van der Waals surface area (Å²) in [5, 5.41) is 18.3. The van der Waals surface area contributed by atoms with Gasteiger partial charge in [0, 0.05) is 23.9 Å². The second-order valence-corrected chi connectivity index (χ2v) is 3.32. The Kier molecular flexibility index (Phi) is 2.47. The molecule has 0 N–H and O–H groups in total. The molecule has 0 aliphatic carbocycles. The third-order valence-electron chi connectivity index (χ3n) is 2.39. The predicted molar refractivity (Wildman–Crippen MR) is 52.5 cm³/mol. The minimum Gasteiger partial charge on any atom is -0.541 e. The molecule has 0 aromatic carbocycles. The predicted octanol–water partition coefficient (Wildman–Crippen LogP) is 0.230. The molecule has 0 aliphatic rings. The molecule has 2 aromatic heterocycles. The fourth-order valence-corrected chi connectivity index (χ4v) is 1.52. The van der Waals surface area contributed by atoms with Gasteiger partial charge in [0.15, 0.2) is 5.76 Å². The number of nitrogens with zero attached hydrogens (tertiary/aromatic N) is 3. The highest BCUT2D eigenvalue weighted by Crippen LogP contribution is 2.22. The van der Waals surface area contributed by atoms with Crippen molar-refractivity contribution in [2.75, 3.05) is 0 Å². The number of carbonyl (C=O) groups is 1. The maximum Gasteiger partial charge on any atom is 0.182 e. The second kappa shape index (κ2) is 3.80. The third kappa shape index (κ3) is 1.58. The van der Waals surface area contributed by atoms with E-state index in [1.807, 2.05) is 13.8 Å². The zero-order valence-corrected chi connectivity index (χ0v) is 8.93. The van der Waals surface area contributed by atoms with Gasteiger partial charge in [0.2, 0.25) is 0 Å². The zero-order chi connectivity index (χ0) is 11.7. The van der Waals surface area contributed by atoms with Gasteiger partial charge in [-0.2, -0.15) is 5.10 Å². The minimum atomic E-state index is -1.38. The Morgan fingerprint density at radius 1 is 1.62 bits per heavy atom. The average Bonchev–Trinajstić information content (AvgIpc) is 2.83. The lowest BCUT2D eigenvalue weighted by Gasteiger charge is -1.98. The first kappa shape index (κ1) is 10.4. The van der Waals surface area contributed by atoms with Crippen molar-refractivity contribution in [3.05, 3.63) is 23.7 Å². The van der Waals surface area contributed by atoms with Crippen LogP contribution in [0.1, 0.15) is 23.2 Å². The summed E-state index contributed by atoms with van der Waals surface area (Å²) in [5.74, 6) is -1.65. The summed E-state index contributed by atoms with van der Waals surface area (Å²) in [4.78, 5) is 10.5. The molecule has 0 spiro atoms. The number of carbonyl (C=O) groups excluding carboxylic acids is 1. The van der Waals surface area contributed by atoms with E-state index in [1.54, 1.807) is 10.9 Å². The number of rotatable bonds is 3. The van der Waals surface area contributed by atoms with Gasteiger partial charge in [-0.15, -0.1) is 0 Å². The Balaban J connectivity index is 2.42. The molecule has 2 rings (SSSR count). The van der Waals surface area contributed by atoms with E-state index >= 15 is 0 Å². The van der Waals surface area contributed by atoms with Gasteiger partial charge in [-0.3, -0.25) is 4.68 Å². The van der Waals surface area contributed by atoms with E-state index in [4.69, 9.17) is 0 Å². The fourth-order valence-electron chi connectivity index (χ4n) is 1.52. The van der Waals surface area contributed by atoms with Crippen molar-refractivity contribution in [2.45, 2.75) is 20.4 Å². The largest absolute Gasteiger partial charge is 0.541 e. The SMILES string of the molecule is CCn1ncc(-c2cc(C(=O)[O-])on2)c1C. The van der Waals surface area contributed by atoms with Crippen molar-refractivity contribution < 1.29 is 14.4 Å². The molecule has 0 saturated heterocycles. The lowest BCUT2D eigenvalue weighted by Crippen LogP contribution is -2.21. The van der Waals surface area contributed by atoms with Crippen molar-refractivity contribution in [1.29, 1.82) is 0 Å². The third-order valence-corrected chi connectivity index (χ3v) is 2.39. The van der Waals surface area contributed by atoms with Crippen LogP contribution in [0.3, 0.4) is 0 Å². The molecular formula is C10H10N3O3-. The number of hydrogen-bond donors (Lipinski definition) is 0. The molecule has 2 aromatic rings. The quantitative estimate of drug-likeness (QED) is 0.739. The summed E-state index contributed by atoms with van der Waals surface area (Å²) in [6.07, 6.45) is 1.63. The smallest absolute Gasteiger partial charge is 0.182 e. The Bertz CT molecular complexity index is 527. The Morgan fingerprint density at radius 3 is 2.88 bits per heavy atom. The molecule has 0 amide bonds. The summed E-state index contributed by atoms with van der Waals surface area (Å²) in [5.41, 5.74) is 2.13. The monoisotopic (exact) mass is 220 g/mol. The van der Waals surface area contributed by atoms with Crippen molar-refractivity contribution in [1.82, 2.24) is 14.9 Å². The van der Waals surface area contributed by atoms with Gasteiger partial charge in [0.25, 0.3) is 0 Å². The van der Waals surface area contributed by atoms with Gasteiger partial charge in [-0.05, 0) is 13.8 Å². The van der Waals surface area contributed by atoms with Gasteiger partial charge in [0.05, 0.1) is 6.20 Å². The normalized spacial score (nSPS) is 10.6. The van der Waals surface area contributed by atoms with Crippen LogP contribution in [0.2, 0.25) is 0 Å². The number of hydrogen-bond acceptors (Lipinski definition) is 5. The molecule has 0 aliphatic heterocycles. The minimum absolute atomic E-state index is 0.279. The second-order valence-electron chi connectivity index (χ2n) is 3.32. The fraction of sp³-hybridized carbons (Fsp3) is 0.300. The molecule has 6 nitrogen and oxygen atoms in total. The van der Waals surface area contributed by atoms with E-state index in [0.29, 0.717) is 5.69 Å². The van der Waals surface area contributed by atoms with Crippen LogP contribution in [0.15, 0.2) is 16.8 Å². The number of aryl methyl sites for hydroxylation is 1. The maximum absolute atomic E-state index is 10.5. The molecule has 16 heavy (non-hydrogen) atoms. The molecule has 0 atom stereocenters. The number of carboxylic acids is 1. The summed E-state index contributed by atoms with van der Waals surface area (Å²) >= 11 is 0. The van der Waals surface area contributed by atoms with Crippen LogP contribution < -0.4 is 5.11 Å². The van der Waals surface area contributed by atoms with Crippen molar-refractivity contribution in [3.63, 3.8) is 0 Å². The standard InChI is InChI=1S/C10H11N3O3/c1-3-13-6(2)7(5-11-13)8-4-9(10(14)15)16-12-8/h4-5H,3H2,1-2H3,(H,14,15)/p-1. The van der Waals surface area contributed by atoms with Crippen LogP contribution in [-0.4, -0.2) is 20.9 Å². The Hall–Kier alpha value is -2.11. The van der Waals surface area contributed by atoms with Gasteiger partial charge in [0.1, 0.15) is 11.7 Å². The lowest BCUT2D eigenvalue weighted by atomic mass is 10.2. The highest BCUT2D eigenvalue weighted by Gasteiger charge is 2.12. The molecule has 2 heterocycles. The summed E-state index contributed by atoms with van der Waals surface area (Å²) in [6.45, 7) is 4.61. The molecule has 0 saturated carbocycles. The van der Waals surface area contributed by atoms with E-state index in [-0.39, 0.29) is 5.76 Å². The molecular weight excluding hydrogens is 210 g/mol. The Labute approximate surface area is 91.5 Å². The number of carboxylic acid groups (broad SMARTS) is 1. The molecule has 0 unspecified atom stereocenters. The molecule has 6 heteroatoms. The van der Waals surface area contributed by atoms with Gasteiger partial charge >= 0.3 is 0 Å². The van der Waals surface area contributed by atoms with Crippen LogP contribution in [0.25, 0.3) is 11.3 Å². The van der Waals surface area contributed by atoms with Gasteiger partial charge in [-0.25, -0.2) is 0 Å². The van der Waals surface area contributed by atoms with E-state index in [2.05, 4.69) is 14.8 Å². The van der Waals surface area contributed by atoms with Crippen molar-refractivity contribution >= 4 is 5.97 Å². The number of aromatic nitrogens is 3. The summed E-state index contributed by atoms with van der Waals surface area (Å²) in [7, 11) is 0. The molecule has 0 fully saturated rings. The molecule has 84 valence electrons.